The Kier molecular flexibility index (Phi) is 7.24. The Morgan fingerprint density at radius 2 is 1.62 bits per heavy atom. The molecule has 21 nitrogen and oxygen atoms in total. The van der Waals surface area contributed by atoms with Crippen molar-refractivity contribution in [3.05, 3.63) is 29.3 Å². The third-order valence-electron chi connectivity index (χ3n) is 7.33. The molecule has 3 saturated heterocycles. The van der Waals surface area contributed by atoms with Crippen molar-refractivity contribution in [3.63, 3.8) is 0 Å². The smallest absolute Gasteiger partial charge is 0.382 e. The second-order valence-corrected chi connectivity index (χ2v) is 13.1. The third kappa shape index (κ3) is 5.29. The second kappa shape index (κ2) is 10.8. The van der Waals surface area contributed by atoms with Gasteiger partial charge in [-0.1, -0.05) is 0 Å². The summed E-state index contributed by atoms with van der Waals surface area (Å²) in [4.78, 5) is 55.5. The van der Waals surface area contributed by atoms with Crippen molar-refractivity contribution < 1.29 is 50.7 Å². The molecule has 0 spiro atoms. The van der Waals surface area contributed by atoms with Crippen molar-refractivity contribution in [3.8, 4) is 0 Å². The summed E-state index contributed by atoms with van der Waals surface area (Å²) in [7, 11) is -10.2. The van der Waals surface area contributed by atoms with Gasteiger partial charge in [0.1, 0.15) is 36.3 Å². The van der Waals surface area contributed by atoms with Gasteiger partial charge in [0.2, 0.25) is 5.95 Å². The highest BCUT2D eigenvalue weighted by atomic mass is 31.2. The van der Waals surface area contributed by atoms with Crippen LogP contribution in [0.25, 0.3) is 22.3 Å². The number of H-pyrrole nitrogens is 1. The van der Waals surface area contributed by atoms with Gasteiger partial charge in [0.15, 0.2) is 47.4 Å². The monoisotopic (exact) mass is 677 g/mol. The number of alkyl halides is 2. The number of nitrogens with zero attached hydrogens (tertiary/aromatic N) is 7. The van der Waals surface area contributed by atoms with E-state index in [9.17, 15) is 23.7 Å². The van der Waals surface area contributed by atoms with E-state index in [-0.39, 0.29) is 34.1 Å². The first kappa shape index (κ1) is 30.2. The fraction of sp³-hybridized carbons (Fsp3) is 0.500. The SMILES string of the molecule is Nc1nc2c(ncn2C2OC3COP(=O)(O)OC4C(CNP(=O)(O)OC2C3F)OC(n2cnc3c(N)ncnc32)C4F)c(=O)[nH]1. The molecule has 3 fully saturated rings. The van der Waals surface area contributed by atoms with E-state index < -0.39 is 83.5 Å². The van der Waals surface area contributed by atoms with Gasteiger partial charge in [-0.3, -0.25) is 32.5 Å². The molecule has 0 amide bonds. The zero-order valence-corrected chi connectivity index (χ0v) is 24.1. The van der Waals surface area contributed by atoms with Gasteiger partial charge < -0.3 is 30.7 Å². The fourth-order valence-electron chi connectivity index (χ4n) is 5.32. The van der Waals surface area contributed by atoms with Gasteiger partial charge in [-0.05, 0) is 0 Å². The lowest BCUT2D eigenvalue weighted by atomic mass is 10.1. The van der Waals surface area contributed by atoms with Gasteiger partial charge in [0.25, 0.3) is 5.56 Å². The molecular weight excluding hydrogens is 654 g/mol. The van der Waals surface area contributed by atoms with Crippen molar-refractivity contribution in [1.29, 1.82) is 0 Å². The number of aromatic nitrogens is 8. The van der Waals surface area contributed by atoms with E-state index in [4.69, 9.17) is 34.5 Å². The minimum absolute atomic E-state index is 0.00434. The van der Waals surface area contributed by atoms with E-state index in [0.29, 0.717) is 0 Å². The van der Waals surface area contributed by atoms with Crippen LogP contribution in [0.2, 0.25) is 0 Å². The van der Waals surface area contributed by atoms with Crippen LogP contribution in [-0.4, -0.2) is 98.7 Å². The molecule has 0 aliphatic carbocycles. The molecule has 0 saturated carbocycles. The molecule has 0 radical (unpaired) electrons. The quantitative estimate of drug-likeness (QED) is 0.141. The van der Waals surface area contributed by atoms with Crippen LogP contribution in [0.3, 0.4) is 0 Å². The zero-order chi connectivity index (χ0) is 31.8. The van der Waals surface area contributed by atoms with Crippen LogP contribution >= 0.6 is 15.6 Å². The summed E-state index contributed by atoms with van der Waals surface area (Å²) in [6, 6.07) is 0. The van der Waals surface area contributed by atoms with Crippen LogP contribution in [-0.2, 0) is 32.2 Å². The number of nitrogen functional groups attached to an aromatic ring is 2. The van der Waals surface area contributed by atoms with Crippen molar-refractivity contribution in [2.24, 2.45) is 0 Å². The highest BCUT2D eigenvalue weighted by molar-refractivity contribution is 7.50. The number of phosphoric acid groups is 1. The second-order valence-electron chi connectivity index (χ2n) is 10.2. The molecule has 3 aliphatic heterocycles. The lowest BCUT2D eigenvalue weighted by Crippen LogP contribution is -2.38. The first-order valence-electron chi connectivity index (χ1n) is 13.0. The van der Waals surface area contributed by atoms with E-state index in [1.165, 1.54) is 0 Å². The number of hydrogen-bond acceptors (Lipinski definition) is 15. The number of fused-ring (bicyclic) bond motifs is 5. The van der Waals surface area contributed by atoms with Crippen LogP contribution < -0.4 is 22.1 Å². The summed E-state index contributed by atoms with van der Waals surface area (Å²) in [5, 5.41) is 2.15. The zero-order valence-electron chi connectivity index (χ0n) is 22.4. The Labute approximate surface area is 248 Å². The number of aromatic amines is 1. The highest BCUT2D eigenvalue weighted by Crippen LogP contribution is 2.52. The van der Waals surface area contributed by atoms with Crippen LogP contribution in [0.5, 0.6) is 0 Å². The van der Waals surface area contributed by atoms with Crippen molar-refractivity contribution in [2.75, 3.05) is 24.6 Å². The molecule has 25 heteroatoms. The largest absolute Gasteiger partial charge is 0.472 e. The Bertz CT molecular complexity index is 1940. The molecule has 7 rings (SSSR count). The summed E-state index contributed by atoms with van der Waals surface area (Å²) in [6.07, 6.45) is -11.3. The van der Waals surface area contributed by atoms with E-state index in [2.05, 4.69) is 35.0 Å². The molecule has 242 valence electrons. The topological polar surface area (TPSA) is 292 Å². The van der Waals surface area contributed by atoms with Gasteiger partial charge in [-0.25, -0.2) is 42.9 Å². The number of phosphoric ester groups is 1. The van der Waals surface area contributed by atoms with Gasteiger partial charge in [0.05, 0.1) is 19.3 Å². The average Bonchev–Trinajstić information content (AvgIpc) is 3.72. The fourth-order valence-corrected chi connectivity index (χ4v) is 7.31. The van der Waals surface area contributed by atoms with Crippen molar-refractivity contribution in [2.45, 2.75) is 49.2 Å². The number of anilines is 2. The van der Waals surface area contributed by atoms with Gasteiger partial charge in [-0.15, -0.1) is 0 Å². The maximum absolute atomic E-state index is 15.9. The average molecular weight is 677 g/mol. The first-order chi connectivity index (χ1) is 21.3. The van der Waals surface area contributed by atoms with Crippen LogP contribution in [0.4, 0.5) is 20.5 Å². The minimum atomic E-state index is -5.17. The molecule has 0 aromatic carbocycles. The number of hydrogen-bond donors (Lipinski definition) is 6. The minimum Gasteiger partial charge on any atom is -0.382 e. The summed E-state index contributed by atoms with van der Waals surface area (Å²) in [5.41, 5.74) is 10.5. The Balaban J connectivity index is 1.21. The number of nitrogens with one attached hydrogen (secondary N) is 2. The molecule has 7 heterocycles. The highest BCUT2D eigenvalue weighted by Gasteiger charge is 2.54. The summed E-state index contributed by atoms with van der Waals surface area (Å²) >= 11 is 0. The molecule has 4 aromatic rings. The lowest BCUT2D eigenvalue weighted by Gasteiger charge is -2.26. The van der Waals surface area contributed by atoms with E-state index >= 15 is 8.78 Å². The van der Waals surface area contributed by atoms with Crippen molar-refractivity contribution >= 4 is 49.7 Å². The molecule has 4 aromatic heterocycles. The van der Waals surface area contributed by atoms with Crippen LogP contribution in [0, 0.1) is 0 Å². The maximum Gasteiger partial charge on any atom is 0.472 e. The summed E-state index contributed by atoms with van der Waals surface area (Å²) in [6.45, 7) is -1.67. The first-order valence-corrected chi connectivity index (χ1v) is 16.1. The Hall–Kier alpha value is -3.50. The Morgan fingerprint density at radius 3 is 2.40 bits per heavy atom. The van der Waals surface area contributed by atoms with E-state index in [1.807, 2.05) is 0 Å². The van der Waals surface area contributed by atoms with Crippen LogP contribution in [0.1, 0.15) is 12.5 Å². The van der Waals surface area contributed by atoms with E-state index in [0.717, 1.165) is 28.1 Å². The third-order valence-corrected chi connectivity index (χ3v) is 9.43. The molecule has 2 bridgehead atoms. The van der Waals surface area contributed by atoms with Gasteiger partial charge >= 0.3 is 15.6 Å². The number of halogens is 2. The predicted molar refractivity (Wildman–Crippen MR) is 143 cm³/mol. The van der Waals surface area contributed by atoms with Crippen molar-refractivity contribution in [1.82, 2.24) is 44.1 Å². The molecule has 10 atom stereocenters. The summed E-state index contributed by atoms with van der Waals surface area (Å²) < 4.78 is 86.8. The molecule has 10 unspecified atom stereocenters. The number of rotatable bonds is 2. The predicted octanol–water partition coefficient (Wildman–Crippen LogP) is -0.814. The molecule has 45 heavy (non-hydrogen) atoms. The summed E-state index contributed by atoms with van der Waals surface area (Å²) in [5.74, 6) is -0.318. The lowest BCUT2D eigenvalue weighted by molar-refractivity contribution is -0.0527. The number of nitrogens with two attached hydrogens (primary N) is 2. The molecule has 3 aliphatic rings. The van der Waals surface area contributed by atoms with E-state index in [1.54, 1.807) is 0 Å². The Morgan fingerprint density at radius 1 is 0.911 bits per heavy atom. The number of ether oxygens (including phenoxy) is 2. The number of imidazole rings is 2. The van der Waals surface area contributed by atoms with Crippen LogP contribution in [0.15, 0.2) is 23.8 Å². The normalized spacial score (nSPS) is 37.7. The standard InChI is InChI=1S/C20H23F2N11O10P2/c21-8-7-2-39-45(37,38)43-12-6(40-18(9(12)22)32-4-27-10-14(23)25-3-26-15(10)32)1-29-44(35,36)42-13(8)19(41-7)33-5-28-11-16(33)30-20(24)31-17(11)34/h3-9,12-13,18-19H,1-2H2,(H,37,38)(H2,23,25,26)(H2,29,35,36)(H3,24,30,31,34). The molecular formula is C20H23F2N11O10P2. The van der Waals surface area contributed by atoms with Gasteiger partial charge in [-0.2, -0.15) is 4.98 Å². The molecule has 8 N–H and O–H groups in total. The van der Waals surface area contributed by atoms with Gasteiger partial charge in [0, 0.05) is 6.54 Å². The maximum atomic E-state index is 15.9.